The van der Waals surface area contributed by atoms with E-state index >= 15 is 0 Å². The van der Waals surface area contributed by atoms with Crippen molar-refractivity contribution in [1.82, 2.24) is 0 Å². The largest absolute Gasteiger partial charge is 0.330 e. The summed E-state index contributed by atoms with van der Waals surface area (Å²) in [6.45, 7) is 0.513. The Labute approximate surface area is 118 Å². The second-order valence-electron chi connectivity index (χ2n) is 4.69. The predicted molar refractivity (Wildman–Crippen MR) is 77.8 cm³/mol. The van der Waals surface area contributed by atoms with Gasteiger partial charge in [-0.2, -0.15) is 0 Å². The smallest absolute Gasteiger partial charge is 0.126 e. The highest BCUT2D eigenvalue weighted by molar-refractivity contribution is 6.31. The molecule has 0 aromatic heterocycles. The average molecular weight is 278 g/mol. The van der Waals surface area contributed by atoms with Crippen molar-refractivity contribution in [2.75, 3.05) is 6.54 Å². The molecular weight excluding hydrogens is 261 g/mol. The Balaban J connectivity index is 2.09. The quantitative estimate of drug-likeness (QED) is 0.883. The molecule has 100 valence electrons. The number of hydrogen-bond acceptors (Lipinski definition) is 1. The van der Waals surface area contributed by atoms with E-state index in [1.807, 2.05) is 36.4 Å². The lowest BCUT2D eigenvalue weighted by atomic mass is 9.92. The minimum atomic E-state index is -0.167. The molecule has 0 aliphatic rings. The van der Waals surface area contributed by atoms with Gasteiger partial charge in [0.15, 0.2) is 0 Å². The van der Waals surface area contributed by atoms with Crippen LogP contribution in [0.25, 0.3) is 0 Å². The molecule has 2 rings (SSSR count). The van der Waals surface area contributed by atoms with Gasteiger partial charge in [0.05, 0.1) is 0 Å². The van der Waals surface area contributed by atoms with E-state index < -0.39 is 0 Å². The van der Waals surface area contributed by atoms with Crippen molar-refractivity contribution in [3.05, 3.63) is 70.5 Å². The van der Waals surface area contributed by atoms with Crippen LogP contribution in [0.15, 0.2) is 48.5 Å². The van der Waals surface area contributed by atoms with Crippen LogP contribution in [-0.4, -0.2) is 6.54 Å². The van der Waals surface area contributed by atoms with E-state index in [1.165, 1.54) is 6.07 Å². The van der Waals surface area contributed by atoms with Crippen molar-refractivity contribution >= 4 is 11.6 Å². The number of benzene rings is 2. The number of halogens is 2. The minimum Gasteiger partial charge on any atom is -0.330 e. The monoisotopic (exact) mass is 277 g/mol. The maximum absolute atomic E-state index is 13.6. The van der Waals surface area contributed by atoms with Crippen LogP contribution in [0.4, 0.5) is 4.39 Å². The van der Waals surface area contributed by atoms with Crippen LogP contribution in [0.1, 0.15) is 11.1 Å². The van der Waals surface area contributed by atoms with Gasteiger partial charge in [0.25, 0.3) is 0 Å². The van der Waals surface area contributed by atoms with Gasteiger partial charge in [0.1, 0.15) is 5.82 Å². The van der Waals surface area contributed by atoms with Crippen molar-refractivity contribution in [1.29, 1.82) is 0 Å². The zero-order valence-electron chi connectivity index (χ0n) is 10.7. The van der Waals surface area contributed by atoms with E-state index in [4.69, 9.17) is 17.3 Å². The topological polar surface area (TPSA) is 26.0 Å². The van der Waals surface area contributed by atoms with E-state index in [0.29, 0.717) is 18.5 Å². The van der Waals surface area contributed by atoms with Crippen LogP contribution in [0, 0.1) is 11.7 Å². The summed E-state index contributed by atoms with van der Waals surface area (Å²) in [6, 6.07) is 14.6. The molecule has 2 aromatic rings. The lowest BCUT2D eigenvalue weighted by molar-refractivity contribution is 0.512. The van der Waals surface area contributed by atoms with E-state index in [1.54, 1.807) is 6.07 Å². The lowest BCUT2D eigenvalue weighted by Crippen LogP contribution is -2.20. The summed E-state index contributed by atoms with van der Waals surface area (Å²) in [7, 11) is 0. The van der Waals surface area contributed by atoms with Crippen LogP contribution in [0.3, 0.4) is 0 Å². The third kappa shape index (κ3) is 3.79. The molecule has 0 saturated heterocycles. The third-order valence-electron chi connectivity index (χ3n) is 3.27. The summed E-state index contributed by atoms with van der Waals surface area (Å²) in [5.74, 6) is 0.0249. The second-order valence-corrected chi connectivity index (χ2v) is 5.10. The van der Waals surface area contributed by atoms with Crippen molar-refractivity contribution in [3.63, 3.8) is 0 Å². The summed E-state index contributed by atoms with van der Waals surface area (Å²) >= 11 is 6.14. The number of rotatable bonds is 5. The van der Waals surface area contributed by atoms with Crippen LogP contribution in [0.5, 0.6) is 0 Å². The molecule has 2 aromatic carbocycles. The predicted octanol–water partition coefficient (Wildman–Crippen LogP) is 3.84. The molecule has 0 fully saturated rings. The molecule has 3 heteroatoms. The molecular formula is C16H17ClFN. The normalized spacial score (nSPS) is 12.4. The lowest BCUT2D eigenvalue weighted by Gasteiger charge is -2.16. The Morgan fingerprint density at radius 3 is 2.16 bits per heavy atom. The summed E-state index contributed by atoms with van der Waals surface area (Å²) in [6.07, 6.45) is 1.40. The Bertz CT molecular complexity index is 494. The van der Waals surface area contributed by atoms with Gasteiger partial charge in [0, 0.05) is 5.02 Å². The molecule has 0 amide bonds. The van der Waals surface area contributed by atoms with E-state index in [-0.39, 0.29) is 11.7 Å². The number of hydrogen-bond donors (Lipinski definition) is 1. The maximum Gasteiger partial charge on any atom is 0.126 e. The summed E-state index contributed by atoms with van der Waals surface area (Å²) in [5.41, 5.74) is 7.58. The second kappa shape index (κ2) is 6.69. The standard InChI is InChI=1S/C16H17ClFN/c17-15-7-3-1-5-13(15)9-12(11-19)10-14-6-2-4-8-16(14)18/h1-8,12H,9-11,19H2. The Morgan fingerprint density at radius 2 is 1.53 bits per heavy atom. The van der Waals surface area contributed by atoms with Gasteiger partial charge in [-0.1, -0.05) is 48.0 Å². The SMILES string of the molecule is NCC(Cc1ccccc1F)Cc1ccccc1Cl. The fourth-order valence-corrected chi connectivity index (χ4v) is 2.40. The van der Waals surface area contributed by atoms with Crippen LogP contribution >= 0.6 is 11.6 Å². The molecule has 0 saturated carbocycles. The first-order chi connectivity index (χ1) is 9.20. The molecule has 0 aliphatic carbocycles. The fourth-order valence-electron chi connectivity index (χ4n) is 2.19. The molecule has 0 radical (unpaired) electrons. The summed E-state index contributed by atoms with van der Waals surface area (Å²) in [5, 5.41) is 0.745. The highest BCUT2D eigenvalue weighted by Gasteiger charge is 2.13. The van der Waals surface area contributed by atoms with Gasteiger partial charge in [-0.25, -0.2) is 4.39 Å². The fraction of sp³-hybridized carbons (Fsp3) is 0.250. The van der Waals surface area contributed by atoms with Crippen LogP contribution in [-0.2, 0) is 12.8 Å². The summed E-state index contributed by atoms with van der Waals surface area (Å²) < 4.78 is 13.6. The molecule has 1 nitrogen and oxygen atoms in total. The molecule has 0 heterocycles. The van der Waals surface area contributed by atoms with Gasteiger partial charge in [0.2, 0.25) is 0 Å². The third-order valence-corrected chi connectivity index (χ3v) is 3.63. The van der Waals surface area contributed by atoms with Crippen LogP contribution < -0.4 is 5.73 Å². The maximum atomic E-state index is 13.6. The van der Waals surface area contributed by atoms with Crippen molar-refractivity contribution in [2.45, 2.75) is 12.8 Å². The van der Waals surface area contributed by atoms with E-state index in [9.17, 15) is 4.39 Å². The molecule has 0 bridgehead atoms. The number of nitrogens with two attached hydrogens (primary N) is 1. The first-order valence-corrected chi connectivity index (χ1v) is 6.75. The van der Waals surface area contributed by atoms with Gasteiger partial charge >= 0.3 is 0 Å². The van der Waals surface area contributed by atoms with Gasteiger partial charge < -0.3 is 5.73 Å². The van der Waals surface area contributed by atoms with E-state index in [0.717, 1.165) is 17.0 Å². The molecule has 0 spiro atoms. The highest BCUT2D eigenvalue weighted by atomic mass is 35.5. The van der Waals surface area contributed by atoms with Crippen molar-refractivity contribution < 1.29 is 4.39 Å². The Morgan fingerprint density at radius 1 is 0.947 bits per heavy atom. The molecule has 0 aliphatic heterocycles. The Hall–Kier alpha value is -1.38. The van der Waals surface area contributed by atoms with Crippen LogP contribution in [0.2, 0.25) is 5.02 Å². The summed E-state index contributed by atoms with van der Waals surface area (Å²) in [4.78, 5) is 0. The average Bonchev–Trinajstić information content (AvgIpc) is 2.42. The van der Waals surface area contributed by atoms with E-state index in [2.05, 4.69) is 0 Å². The first-order valence-electron chi connectivity index (χ1n) is 6.37. The van der Waals surface area contributed by atoms with Crippen molar-refractivity contribution in [3.8, 4) is 0 Å². The van der Waals surface area contributed by atoms with Gasteiger partial charge in [-0.3, -0.25) is 0 Å². The highest BCUT2D eigenvalue weighted by Crippen LogP contribution is 2.21. The van der Waals surface area contributed by atoms with Gasteiger partial charge in [-0.15, -0.1) is 0 Å². The van der Waals surface area contributed by atoms with Gasteiger partial charge in [-0.05, 0) is 48.6 Å². The zero-order valence-corrected chi connectivity index (χ0v) is 11.4. The molecule has 19 heavy (non-hydrogen) atoms. The zero-order chi connectivity index (χ0) is 13.7. The molecule has 1 atom stereocenters. The first kappa shape index (κ1) is 14.0. The Kier molecular flexibility index (Phi) is 4.94. The molecule has 2 N–H and O–H groups in total. The van der Waals surface area contributed by atoms with Crippen molar-refractivity contribution in [2.24, 2.45) is 11.7 Å². The minimum absolute atomic E-state index is 0.167. The molecule has 1 unspecified atom stereocenters.